The highest BCUT2D eigenvalue weighted by molar-refractivity contribution is 5.37. The van der Waals surface area contributed by atoms with Gasteiger partial charge in [0, 0.05) is 18.9 Å². The molecule has 1 aromatic carbocycles. The zero-order valence-electron chi connectivity index (χ0n) is 11.5. The van der Waals surface area contributed by atoms with E-state index in [1.807, 2.05) is 31.2 Å². The van der Waals surface area contributed by atoms with Crippen molar-refractivity contribution in [3.8, 4) is 5.75 Å². The van der Waals surface area contributed by atoms with Crippen molar-refractivity contribution >= 4 is 0 Å². The fraction of sp³-hybridized carbons (Fsp3) is 0.600. The minimum atomic E-state index is -4.07. The smallest absolute Gasteiger partial charge is 0.389 e. The predicted octanol–water partition coefficient (Wildman–Crippen LogP) is 3.70. The van der Waals surface area contributed by atoms with Crippen LogP contribution in [0.15, 0.2) is 24.3 Å². The van der Waals surface area contributed by atoms with Crippen molar-refractivity contribution < 1.29 is 17.9 Å². The van der Waals surface area contributed by atoms with E-state index in [1.54, 1.807) is 0 Å². The number of benzene rings is 1. The zero-order valence-corrected chi connectivity index (χ0v) is 11.5. The molecule has 0 saturated heterocycles. The van der Waals surface area contributed by atoms with E-state index in [-0.39, 0.29) is 18.6 Å². The summed E-state index contributed by atoms with van der Waals surface area (Å²) in [5.74, 6) is 0.858. The molecule has 2 nitrogen and oxygen atoms in total. The molecule has 0 fully saturated rings. The summed E-state index contributed by atoms with van der Waals surface area (Å²) in [7, 11) is 0. The van der Waals surface area contributed by atoms with Crippen LogP contribution >= 0.6 is 0 Å². The van der Waals surface area contributed by atoms with Crippen molar-refractivity contribution in [2.75, 3.05) is 6.54 Å². The standard InChI is InChI=1S/C15H20F3NO/c1-2-19-12(7-5-9-15(16,17)18)14-10-11-6-3-4-8-13(11)20-14/h3-4,6,8,12,14,19H,2,5,7,9-10H2,1H3. The molecule has 20 heavy (non-hydrogen) atoms. The Morgan fingerprint density at radius 2 is 2.10 bits per heavy atom. The molecule has 0 aliphatic carbocycles. The molecule has 0 spiro atoms. The first-order valence-corrected chi connectivity index (χ1v) is 7.04. The average molecular weight is 287 g/mol. The zero-order chi connectivity index (χ0) is 14.6. The van der Waals surface area contributed by atoms with Crippen molar-refractivity contribution in [1.82, 2.24) is 5.32 Å². The number of nitrogens with one attached hydrogen (secondary N) is 1. The number of rotatable bonds is 6. The first-order chi connectivity index (χ1) is 9.49. The molecule has 1 N–H and O–H groups in total. The third-order valence-corrected chi connectivity index (χ3v) is 3.56. The van der Waals surface area contributed by atoms with Crippen LogP contribution in [0, 0.1) is 0 Å². The number of hydrogen-bond donors (Lipinski definition) is 1. The van der Waals surface area contributed by atoms with Crippen LogP contribution in [0.1, 0.15) is 31.7 Å². The predicted molar refractivity (Wildman–Crippen MR) is 71.9 cm³/mol. The summed E-state index contributed by atoms with van der Waals surface area (Å²) in [4.78, 5) is 0. The van der Waals surface area contributed by atoms with Crippen LogP contribution in [-0.4, -0.2) is 24.9 Å². The third-order valence-electron chi connectivity index (χ3n) is 3.56. The Morgan fingerprint density at radius 3 is 2.75 bits per heavy atom. The summed E-state index contributed by atoms with van der Waals surface area (Å²) >= 11 is 0. The van der Waals surface area contributed by atoms with E-state index >= 15 is 0 Å². The van der Waals surface area contributed by atoms with Gasteiger partial charge in [0.05, 0.1) is 0 Å². The monoisotopic (exact) mass is 287 g/mol. The normalized spacial score (nSPS) is 19.5. The van der Waals surface area contributed by atoms with Gasteiger partial charge in [-0.2, -0.15) is 13.2 Å². The average Bonchev–Trinajstić information content (AvgIpc) is 2.80. The molecule has 1 aromatic rings. The van der Waals surface area contributed by atoms with Crippen LogP contribution in [0.2, 0.25) is 0 Å². The second kappa shape index (κ2) is 6.48. The molecule has 2 rings (SSSR count). The van der Waals surface area contributed by atoms with Crippen molar-refractivity contribution in [2.24, 2.45) is 0 Å². The summed E-state index contributed by atoms with van der Waals surface area (Å²) in [6.07, 6.45) is -3.49. The van der Waals surface area contributed by atoms with Gasteiger partial charge in [-0.15, -0.1) is 0 Å². The Bertz CT molecular complexity index is 408. The van der Waals surface area contributed by atoms with Gasteiger partial charge in [-0.1, -0.05) is 25.1 Å². The molecule has 2 unspecified atom stereocenters. The fourth-order valence-electron chi connectivity index (χ4n) is 2.64. The Hall–Kier alpha value is -1.23. The van der Waals surface area contributed by atoms with E-state index in [0.29, 0.717) is 6.42 Å². The fourth-order valence-corrected chi connectivity index (χ4v) is 2.64. The number of fused-ring (bicyclic) bond motifs is 1. The quantitative estimate of drug-likeness (QED) is 0.861. The maximum Gasteiger partial charge on any atom is 0.389 e. The summed E-state index contributed by atoms with van der Waals surface area (Å²) in [5, 5.41) is 3.25. The number of ether oxygens (including phenoxy) is 1. The molecule has 0 aromatic heterocycles. The van der Waals surface area contributed by atoms with E-state index in [2.05, 4.69) is 5.32 Å². The number of halogens is 3. The van der Waals surface area contributed by atoms with E-state index in [0.717, 1.165) is 24.3 Å². The van der Waals surface area contributed by atoms with E-state index < -0.39 is 12.6 Å². The maximum atomic E-state index is 12.2. The molecule has 0 saturated carbocycles. The summed E-state index contributed by atoms with van der Waals surface area (Å²) < 4.78 is 42.6. The minimum absolute atomic E-state index is 0.0326. The Labute approximate surface area is 117 Å². The van der Waals surface area contributed by atoms with Gasteiger partial charge in [0.15, 0.2) is 0 Å². The summed E-state index contributed by atoms with van der Waals surface area (Å²) in [6.45, 7) is 2.69. The van der Waals surface area contributed by atoms with Crippen molar-refractivity contribution in [3.05, 3.63) is 29.8 Å². The molecule has 0 bridgehead atoms. The number of likely N-dealkylation sites (N-methyl/N-ethyl adjacent to an activating group) is 1. The van der Waals surface area contributed by atoms with Crippen LogP contribution in [0.4, 0.5) is 13.2 Å². The highest BCUT2D eigenvalue weighted by Crippen LogP contribution is 2.31. The van der Waals surface area contributed by atoms with Crippen LogP contribution < -0.4 is 10.1 Å². The van der Waals surface area contributed by atoms with Gasteiger partial charge >= 0.3 is 6.18 Å². The van der Waals surface area contributed by atoms with Gasteiger partial charge in [-0.3, -0.25) is 0 Å². The van der Waals surface area contributed by atoms with Gasteiger partial charge in [0.1, 0.15) is 11.9 Å². The largest absolute Gasteiger partial charge is 0.488 e. The van der Waals surface area contributed by atoms with Gasteiger partial charge in [0.2, 0.25) is 0 Å². The van der Waals surface area contributed by atoms with Crippen molar-refractivity contribution in [1.29, 1.82) is 0 Å². The van der Waals surface area contributed by atoms with Gasteiger partial charge in [0.25, 0.3) is 0 Å². The van der Waals surface area contributed by atoms with Gasteiger partial charge in [-0.25, -0.2) is 0 Å². The number of alkyl halides is 3. The van der Waals surface area contributed by atoms with Crippen LogP contribution in [-0.2, 0) is 6.42 Å². The molecule has 0 amide bonds. The molecule has 5 heteroatoms. The first-order valence-electron chi connectivity index (χ1n) is 7.04. The lowest BCUT2D eigenvalue weighted by Crippen LogP contribution is -2.42. The number of hydrogen-bond acceptors (Lipinski definition) is 2. The van der Waals surface area contributed by atoms with Gasteiger partial charge in [-0.05, 0) is 31.0 Å². The molecule has 1 heterocycles. The van der Waals surface area contributed by atoms with Crippen LogP contribution in [0.3, 0.4) is 0 Å². The first kappa shape index (κ1) is 15.2. The maximum absolute atomic E-state index is 12.2. The second-order valence-electron chi connectivity index (χ2n) is 5.14. The minimum Gasteiger partial charge on any atom is -0.488 e. The van der Waals surface area contributed by atoms with E-state index in [4.69, 9.17) is 4.74 Å². The molecule has 0 radical (unpaired) electrons. The van der Waals surface area contributed by atoms with Crippen LogP contribution in [0.5, 0.6) is 5.75 Å². The van der Waals surface area contributed by atoms with E-state index in [1.165, 1.54) is 0 Å². The van der Waals surface area contributed by atoms with Crippen molar-refractivity contribution in [3.63, 3.8) is 0 Å². The number of para-hydroxylation sites is 1. The summed E-state index contributed by atoms with van der Waals surface area (Å²) in [6, 6.07) is 7.75. The lowest BCUT2D eigenvalue weighted by atomic mass is 9.99. The highest BCUT2D eigenvalue weighted by atomic mass is 19.4. The van der Waals surface area contributed by atoms with Crippen LogP contribution in [0.25, 0.3) is 0 Å². The molecule has 112 valence electrons. The summed E-state index contributed by atoms with van der Waals surface area (Å²) in [5.41, 5.74) is 1.14. The lowest BCUT2D eigenvalue weighted by Gasteiger charge is -2.24. The molecule has 2 atom stereocenters. The molecule has 1 aliphatic heterocycles. The molecular weight excluding hydrogens is 267 g/mol. The Kier molecular flexibility index (Phi) is 4.91. The molecule has 1 aliphatic rings. The second-order valence-corrected chi connectivity index (χ2v) is 5.14. The lowest BCUT2D eigenvalue weighted by molar-refractivity contribution is -0.136. The molecular formula is C15H20F3NO. The van der Waals surface area contributed by atoms with Gasteiger partial charge < -0.3 is 10.1 Å². The SMILES string of the molecule is CCNC(CCCC(F)(F)F)C1Cc2ccccc2O1. The van der Waals surface area contributed by atoms with E-state index in [9.17, 15) is 13.2 Å². The third kappa shape index (κ3) is 4.13. The highest BCUT2D eigenvalue weighted by Gasteiger charge is 2.31. The van der Waals surface area contributed by atoms with Crippen molar-refractivity contribution in [2.45, 2.75) is 50.9 Å². The topological polar surface area (TPSA) is 21.3 Å². The Morgan fingerprint density at radius 1 is 1.35 bits per heavy atom. The Balaban J connectivity index is 1.90.